The van der Waals surface area contributed by atoms with Gasteiger partial charge in [-0.15, -0.1) is 11.3 Å². The summed E-state index contributed by atoms with van der Waals surface area (Å²) in [6.07, 6.45) is 1.36. The van der Waals surface area contributed by atoms with Crippen molar-refractivity contribution in [2.45, 2.75) is 19.4 Å². The number of carbonyl (C=O) groups excluding carboxylic acids is 1. The summed E-state index contributed by atoms with van der Waals surface area (Å²) >= 11 is 1.59. The van der Waals surface area contributed by atoms with Gasteiger partial charge in [0.25, 0.3) is 0 Å². The molecule has 2 N–H and O–H groups in total. The summed E-state index contributed by atoms with van der Waals surface area (Å²) in [5.74, 6) is -0.472. The first-order chi connectivity index (χ1) is 12.6. The second kappa shape index (κ2) is 8.23. The molecule has 2 heterocycles. The minimum Gasteiger partial charge on any atom is -0.497 e. The molecule has 1 aliphatic rings. The van der Waals surface area contributed by atoms with Crippen molar-refractivity contribution >= 4 is 23.3 Å². The number of carboxylic acid groups (broad SMARTS) is 1. The Hall–Kier alpha value is -2.54. The van der Waals surface area contributed by atoms with Gasteiger partial charge in [0.05, 0.1) is 19.6 Å². The summed E-state index contributed by atoms with van der Waals surface area (Å²) in [5, 5.41) is 14.1. The highest BCUT2D eigenvalue weighted by atomic mass is 32.1. The molecule has 1 unspecified atom stereocenters. The molecule has 2 amide bonds. The lowest BCUT2D eigenvalue weighted by Gasteiger charge is -2.30. The Balaban J connectivity index is 1.55. The predicted octanol–water partition coefficient (Wildman–Crippen LogP) is 3.43. The molecule has 1 atom stereocenters. The first-order valence-corrected chi connectivity index (χ1v) is 9.42. The van der Waals surface area contributed by atoms with Gasteiger partial charge >= 0.3 is 12.0 Å². The van der Waals surface area contributed by atoms with E-state index in [0.29, 0.717) is 19.5 Å². The number of carboxylic acids is 1. The smallest absolute Gasteiger partial charge is 0.317 e. The van der Waals surface area contributed by atoms with E-state index in [9.17, 15) is 9.59 Å². The van der Waals surface area contributed by atoms with Gasteiger partial charge < -0.3 is 20.1 Å². The lowest BCUT2D eigenvalue weighted by Crippen LogP contribution is -2.46. The molecule has 0 saturated carbocycles. The zero-order valence-corrected chi connectivity index (χ0v) is 15.4. The molecular formula is C19H22N2O4S. The number of urea groups is 1. The molecule has 6 nitrogen and oxygen atoms in total. The number of aliphatic carboxylic acids is 1. The highest BCUT2D eigenvalue weighted by Crippen LogP contribution is 2.27. The first kappa shape index (κ1) is 18.3. The molecule has 1 saturated heterocycles. The van der Waals surface area contributed by atoms with Gasteiger partial charge in [-0.25, -0.2) is 4.79 Å². The summed E-state index contributed by atoms with van der Waals surface area (Å²) < 4.78 is 5.17. The second-order valence-corrected chi connectivity index (χ2v) is 7.31. The average molecular weight is 374 g/mol. The molecule has 26 heavy (non-hydrogen) atoms. The van der Waals surface area contributed by atoms with Gasteiger partial charge in [0.1, 0.15) is 5.75 Å². The van der Waals surface area contributed by atoms with Crippen LogP contribution in [0.2, 0.25) is 0 Å². The maximum Gasteiger partial charge on any atom is 0.317 e. The standard InChI is InChI=1S/C19H22N2O4S/c1-25-16-6-4-13(5-7-16)15-9-17(26-12-15)10-20-19(24)21-8-2-3-14(11-21)18(22)23/h4-7,9,12,14H,2-3,8,10-11H2,1H3,(H,20,24)(H,22,23). The van der Waals surface area contributed by atoms with E-state index < -0.39 is 11.9 Å². The highest BCUT2D eigenvalue weighted by molar-refractivity contribution is 7.10. The number of benzene rings is 1. The van der Waals surface area contributed by atoms with Crippen LogP contribution in [-0.2, 0) is 11.3 Å². The molecule has 1 aromatic carbocycles. The highest BCUT2D eigenvalue weighted by Gasteiger charge is 2.27. The van der Waals surface area contributed by atoms with E-state index in [1.54, 1.807) is 23.3 Å². The number of carbonyl (C=O) groups is 2. The van der Waals surface area contributed by atoms with Crippen molar-refractivity contribution in [1.82, 2.24) is 10.2 Å². The van der Waals surface area contributed by atoms with Crippen molar-refractivity contribution in [3.63, 3.8) is 0 Å². The van der Waals surface area contributed by atoms with E-state index in [4.69, 9.17) is 9.84 Å². The van der Waals surface area contributed by atoms with Crippen LogP contribution >= 0.6 is 11.3 Å². The summed E-state index contributed by atoms with van der Waals surface area (Å²) in [7, 11) is 1.64. The Morgan fingerprint density at radius 1 is 1.31 bits per heavy atom. The summed E-state index contributed by atoms with van der Waals surface area (Å²) in [6.45, 7) is 1.33. The summed E-state index contributed by atoms with van der Waals surface area (Å²) in [4.78, 5) is 26.1. The number of rotatable bonds is 5. The third kappa shape index (κ3) is 4.35. The molecule has 0 bridgehead atoms. The van der Waals surface area contributed by atoms with Crippen LogP contribution < -0.4 is 10.1 Å². The topological polar surface area (TPSA) is 78.9 Å². The van der Waals surface area contributed by atoms with Crippen molar-refractivity contribution in [2.75, 3.05) is 20.2 Å². The Kier molecular flexibility index (Phi) is 5.78. The second-order valence-electron chi connectivity index (χ2n) is 6.31. The van der Waals surface area contributed by atoms with Gasteiger partial charge in [-0.2, -0.15) is 0 Å². The van der Waals surface area contributed by atoms with Crippen molar-refractivity contribution in [3.05, 3.63) is 40.6 Å². The van der Waals surface area contributed by atoms with Crippen molar-refractivity contribution in [2.24, 2.45) is 5.92 Å². The zero-order chi connectivity index (χ0) is 18.5. The molecule has 0 aliphatic carbocycles. The maximum absolute atomic E-state index is 12.3. The van der Waals surface area contributed by atoms with Gasteiger partial charge in [-0.05, 0) is 47.5 Å². The fourth-order valence-electron chi connectivity index (χ4n) is 3.05. The SMILES string of the molecule is COc1ccc(-c2csc(CNC(=O)N3CCCC(C(=O)O)C3)c2)cc1. The Bertz CT molecular complexity index is 772. The number of piperidine rings is 1. The average Bonchev–Trinajstić information content (AvgIpc) is 3.15. The van der Waals surface area contributed by atoms with Crippen molar-refractivity contribution in [3.8, 4) is 16.9 Å². The molecule has 0 spiro atoms. The number of methoxy groups -OCH3 is 1. The van der Waals surface area contributed by atoms with Crippen LogP contribution in [0, 0.1) is 5.92 Å². The molecule has 7 heteroatoms. The molecular weight excluding hydrogens is 352 g/mol. The van der Waals surface area contributed by atoms with Crippen LogP contribution in [-0.4, -0.2) is 42.2 Å². The molecule has 1 aliphatic heterocycles. The number of hydrogen-bond donors (Lipinski definition) is 2. The number of thiophene rings is 1. The number of nitrogens with one attached hydrogen (secondary N) is 1. The number of hydrogen-bond acceptors (Lipinski definition) is 4. The van der Waals surface area contributed by atoms with Crippen LogP contribution in [0.1, 0.15) is 17.7 Å². The minimum absolute atomic E-state index is 0.199. The van der Waals surface area contributed by atoms with Gasteiger partial charge in [0.2, 0.25) is 0 Å². The Morgan fingerprint density at radius 2 is 2.08 bits per heavy atom. The Morgan fingerprint density at radius 3 is 2.77 bits per heavy atom. The van der Waals surface area contributed by atoms with E-state index in [0.717, 1.165) is 28.2 Å². The predicted molar refractivity (Wildman–Crippen MR) is 100 cm³/mol. The fourth-order valence-corrected chi connectivity index (χ4v) is 3.88. The summed E-state index contributed by atoms with van der Waals surface area (Å²) in [5.41, 5.74) is 2.20. The van der Waals surface area contributed by atoms with Crippen LogP contribution in [0.15, 0.2) is 35.7 Å². The monoisotopic (exact) mass is 374 g/mol. The van der Waals surface area contributed by atoms with Crippen LogP contribution in [0.25, 0.3) is 11.1 Å². The minimum atomic E-state index is -0.829. The molecule has 1 fully saturated rings. The van der Waals surface area contributed by atoms with Crippen LogP contribution in [0.5, 0.6) is 5.75 Å². The van der Waals surface area contributed by atoms with E-state index in [1.807, 2.05) is 24.3 Å². The molecule has 0 radical (unpaired) electrons. The van der Waals surface area contributed by atoms with Crippen LogP contribution in [0.3, 0.4) is 0 Å². The van der Waals surface area contributed by atoms with Crippen LogP contribution in [0.4, 0.5) is 4.79 Å². The number of likely N-dealkylation sites (tertiary alicyclic amines) is 1. The lowest BCUT2D eigenvalue weighted by molar-refractivity contribution is -0.143. The zero-order valence-electron chi connectivity index (χ0n) is 14.6. The van der Waals surface area contributed by atoms with Crippen molar-refractivity contribution in [1.29, 1.82) is 0 Å². The Labute approximate surface area is 156 Å². The maximum atomic E-state index is 12.3. The quantitative estimate of drug-likeness (QED) is 0.840. The largest absolute Gasteiger partial charge is 0.497 e. The number of amides is 2. The lowest BCUT2D eigenvalue weighted by atomic mass is 9.99. The molecule has 1 aromatic heterocycles. The van der Waals surface area contributed by atoms with Gasteiger partial charge in [-0.1, -0.05) is 12.1 Å². The van der Waals surface area contributed by atoms with E-state index >= 15 is 0 Å². The van der Waals surface area contributed by atoms with Crippen molar-refractivity contribution < 1.29 is 19.4 Å². The summed E-state index contributed by atoms with van der Waals surface area (Å²) in [6, 6.07) is 9.71. The first-order valence-electron chi connectivity index (χ1n) is 8.54. The third-order valence-corrected chi connectivity index (χ3v) is 5.49. The van der Waals surface area contributed by atoms with Gasteiger partial charge in [0, 0.05) is 18.0 Å². The van der Waals surface area contributed by atoms with E-state index in [-0.39, 0.29) is 12.6 Å². The van der Waals surface area contributed by atoms with Gasteiger partial charge in [-0.3, -0.25) is 4.79 Å². The number of nitrogens with zero attached hydrogens (tertiary/aromatic N) is 1. The molecule has 2 aromatic rings. The number of ether oxygens (including phenoxy) is 1. The molecule has 138 valence electrons. The van der Waals surface area contributed by atoms with Gasteiger partial charge in [0.15, 0.2) is 0 Å². The molecule has 3 rings (SSSR count). The van der Waals surface area contributed by atoms with E-state index in [2.05, 4.69) is 16.8 Å². The fraction of sp³-hybridized carbons (Fsp3) is 0.368. The third-order valence-electron chi connectivity index (χ3n) is 4.55. The normalized spacial score (nSPS) is 17.0. The van der Waals surface area contributed by atoms with E-state index in [1.165, 1.54) is 0 Å².